The standard InChI is InChI=1S/C14H8ClF3N2S/c15-9-4-5-11-12(7-9)20(13(21)19-11)10-3-1-2-8(6-10)14(16,17)18/h1-7H,(H,19,21). The van der Waals surface area contributed by atoms with Gasteiger partial charge in [-0.05, 0) is 48.6 Å². The van der Waals surface area contributed by atoms with E-state index in [4.69, 9.17) is 23.8 Å². The van der Waals surface area contributed by atoms with E-state index in [0.29, 0.717) is 26.5 Å². The second-order valence-corrected chi connectivity index (χ2v) is 5.30. The van der Waals surface area contributed by atoms with Gasteiger partial charge in [-0.3, -0.25) is 4.57 Å². The molecular formula is C14H8ClF3N2S. The molecule has 0 fully saturated rings. The van der Waals surface area contributed by atoms with Gasteiger partial charge in [0.2, 0.25) is 0 Å². The molecule has 1 N–H and O–H groups in total. The SMILES string of the molecule is FC(F)(F)c1cccc(-n2c(=S)[nH]c3ccc(Cl)cc32)c1. The number of alkyl halides is 3. The van der Waals surface area contributed by atoms with Gasteiger partial charge in [-0.2, -0.15) is 13.2 Å². The van der Waals surface area contributed by atoms with Gasteiger partial charge in [-0.15, -0.1) is 0 Å². The Labute approximate surface area is 127 Å². The van der Waals surface area contributed by atoms with Crippen LogP contribution in [0.3, 0.4) is 0 Å². The minimum absolute atomic E-state index is 0.312. The van der Waals surface area contributed by atoms with Gasteiger partial charge in [-0.1, -0.05) is 17.7 Å². The molecule has 0 aliphatic heterocycles. The maximum atomic E-state index is 12.8. The maximum Gasteiger partial charge on any atom is 0.416 e. The van der Waals surface area contributed by atoms with Gasteiger partial charge in [0, 0.05) is 10.7 Å². The van der Waals surface area contributed by atoms with Crippen LogP contribution < -0.4 is 0 Å². The van der Waals surface area contributed by atoms with Crippen molar-refractivity contribution in [1.29, 1.82) is 0 Å². The minimum atomic E-state index is -4.40. The fraction of sp³-hybridized carbons (Fsp3) is 0.0714. The molecule has 0 radical (unpaired) electrons. The zero-order valence-corrected chi connectivity index (χ0v) is 12.0. The third kappa shape index (κ3) is 2.56. The van der Waals surface area contributed by atoms with Crippen LogP contribution in [0.4, 0.5) is 13.2 Å². The molecule has 108 valence electrons. The molecule has 21 heavy (non-hydrogen) atoms. The Morgan fingerprint density at radius 3 is 2.57 bits per heavy atom. The van der Waals surface area contributed by atoms with E-state index in [1.165, 1.54) is 10.6 Å². The summed E-state index contributed by atoms with van der Waals surface area (Å²) in [5.41, 5.74) is 0.954. The number of H-pyrrole nitrogens is 1. The molecule has 0 saturated carbocycles. The highest BCUT2D eigenvalue weighted by Crippen LogP contribution is 2.31. The Hall–Kier alpha value is -1.79. The lowest BCUT2D eigenvalue weighted by molar-refractivity contribution is -0.137. The summed E-state index contributed by atoms with van der Waals surface area (Å²) in [6, 6.07) is 10.1. The lowest BCUT2D eigenvalue weighted by Crippen LogP contribution is -2.06. The largest absolute Gasteiger partial charge is 0.416 e. The number of hydrogen-bond donors (Lipinski definition) is 1. The molecule has 3 rings (SSSR count). The number of rotatable bonds is 1. The molecule has 0 spiro atoms. The van der Waals surface area contributed by atoms with E-state index < -0.39 is 11.7 Å². The Morgan fingerprint density at radius 2 is 1.86 bits per heavy atom. The first-order valence-corrected chi connectivity index (χ1v) is 6.73. The van der Waals surface area contributed by atoms with Gasteiger partial charge in [0.05, 0.1) is 16.6 Å². The van der Waals surface area contributed by atoms with Crippen molar-refractivity contribution in [1.82, 2.24) is 9.55 Å². The fourth-order valence-corrected chi connectivity index (χ4v) is 2.63. The Kier molecular flexibility index (Phi) is 3.30. The molecular weight excluding hydrogens is 321 g/mol. The first-order chi connectivity index (χ1) is 9.86. The third-order valence-corrected chi connectivity index (χ3v) is 3.60. The fourth-order valence-electron chi connectivity index (χ4n) is 2.15. The molecule has 2 nitrogen and oxygen atoms in total. The van der Waals surface area contributed by atoms with Crippen LogP contribution in [-0.2, 0) is 6.18 Å². The summed E-state index contributed by atoms with van der Waals surface area (Å²) in [5.74, 6) is 0. The number of aromatic amines is 1. The molecule has 0 amide bonds. The van der Waals surface area contributed by atoms with Gasteiger partial charge in [0.25, 0.3) is 0 Å². The predicted octanol–water partition coefficient (Wildman–Crippen LogP) is 5.36. The van der Waals surface area contributed by atoms with Crippen LogP contribution in [0, 0.1) is 4.77 Å². The lowest BCUT2D eigenvalue weighted by atomic mass is 10.2. The molecule has 7 heteroatoms. The number of hydrogen-bond acceptors (Lipinski definition) is 1. The molecule has 1 heterocycles. The van der Waals surface area contributed by atoms with Crippen molar-refractivity contribution in [2.45, 2.75) is 6.18 Å². The van der Waals surface area contributed by atoms with Crippen molar-refractivity contribution >= 4 is 34.9 Å². The zero-order valence-electron chi connectivity index (χ0n) is 10.4. The molecule has 0 atom stereocenters. The van der Waals surface area contributed by atoms with E-state index in [1.54, 1.807) is 24.3 Å². The van der Waals surface area contributed by atoms with Crippen molar-refractivity contribution in [3.63, 3.8) is 0 Å². The van der Waals surface area contributed by atoms with Gasteiger partial charge < -0.3 is 4.98 Å². The summed E-state index contributed by atoms with van der Waals surface area (Å²) >= 11 is 11.1. The van der Waals surface area contributed by atoms with E-state index in [0.717, 1.165) is 12.1 Å². The van der Waals surface area contributed by atoms with E-state index >= 15 is 0 Å². The highest BCUT2D eigenvalue weighted by atomic mass is 35.5. The van der Waals surface area contributed by atoms with E-state index in [9.17, 15) is 13.2 Å². The summed E-state index contributed by atoms with van der Waals surface area (Å²) in [7, 11) is 0. The van der Waals surface area contributed by atoms with Crippen molar-refractivity contribution in [2.24, 2.45) is 0 Å². The van der Waals surface area contributed by atoms with Crippen LogP contribution >= 0.6 is 23.8 Å². The van der Waals surface area contributed by atoms with Gasteiger partial charge >= 0.3 is 6.18 Å². The number of nitrogens with zero attached hydrogens (tertiary/aromatic N) is 1. The summed E-state index contributed by atoms with van der Waals surface area (Å²) < 4.78 is 40.3. The predicted molar refractivity (Wildman–Crippen MR) is 78.5 cm³/mol. The molecule has 0 unspecified atom stereocenters. The van der Waals surface area contributed by atoms with Crippen LogP contribution in [0.15, 0.2) is 42.5 Å². The lowest BCUT2D eigenvalue weighted by Gasteiger charge is -2.10. The van der Waals surface area contributed by atoms with Crippen LogP contribution in [-0.4, -0.2) is 9.55 Å². The van der Waals surface area contributed by atoms with E-state index in [1.807, 2.05) is 0 Å². The van der Waals surface area contributed by atoms with Crippen molar-refractivity contribution < 1.29 is 13.2 Å². The quantitative estimate of drug-likeness (QED) is 0.596. The molecule has 0 aliphatic rings. The first kappa shape index (κ1) is 14.2. The highest BCUT2D eigenvalue weighted by molar-refractivity contribution is 7.71. The average molecular weight is 329 g/mol. The molecule has 0 aliphatic carbocycles. The highest BCUT2D eigenvalue weighted by Gasteiger charge is 2.30. The van der Waals surface area contributed by atoms with Crippen molar-refractivity contribution in [2.75, 3.05) is 0 Å². The molecule has 0 saturated heterocycles. The first-order valence-electron chi connectivity index (χ1n) is 5.94. The van der Waals surface area contributed by atoms with E-state index in [2.05, 4.69) is 4.98 Å². The number of benzene rings is 2. The Morgan fingerprint density at radius 1 is 1.10 bits per heavy atom. The van der Waals surface area contributed by atoms with Gasteiger partial charge in [0.15, 0.2) is 4.77 Å². The topological polar surface area (TPSA) is 20.7 Å². The van der Waals surface area contributed by atoms with Gasteiger partial charge in [0.1, 0.15) is 0 Å². The number of imidazole rings is 1. The van der Waals surface area contributed by atoms with Crippen molar-refractivity contribution in [3.8, 4) is 5.69 Å². The summed E-state index contributed by atoms with van der Waals surface area (Å²) in [5, 5.41) is 0.484. The number of nitrogens with one attached hydrogen (secondary N) is 1. The van der Waals surface area contributed by atoms with Crippen molar-refractivity contribution in [3.05, 3.63) is 57.8 Å². The molecule has 0 bridgehead atoms. The molecule has 2 aromatic carbocycles. The second kappa shape index (κ2) is 4.89. The van der Waals surface area contributed by atoms with E-state index in [-0.39, 0.29) is 0 Å². The summed E-state index contributed by atoms with van der Waals surface area (Å²) in [6.45, 7) is 0. The molecule has 3 aromatic rings. The summed E-state index contributed by atoms with van der Waals surface area (Å²) in [6.07, 6.45) is -4.40. The molecule has 1 aromatic heterocycles. The zero-order chi connectivity index (χ0) is 15.2. The smallest absolute Gasteiger partial charge is 0.330 e. The number of aromatic nitrogens is 2. The Bertz CT molecular complexity index is 880. The van der Waals surface area contributed by atoms with Crippen LogP contribution in [0.25, 0.3) is 16.7 Å². The normalized spacial score (nSPS) is 12.0. The minimum Gasteiger partial charge on any atom is -0.330 e. The summed E-state index contributed by atoms with van der Waals surface area (Å²) in [4.78, 5) is 2.95. The number of halogens is 4. The monoisotopic (exact) mass is 328 g/mol. The Balaban J connectivity index is 2.28. The third-order valence-electron chi connectivity index (χ3n) is 3.08. The van der Waals surface area contributed by atoms with Crippen LogP contribution in [0.5, 0.6) is 0 Å². The second-order valence-electron chi connectivity index (χ2n) is 4.48. The van der Waals surface area contributed by atoms with Gasteiger partial charge in [-0.25, -0.2) is 0 Å². The van der Waals surface area contributed by atoms with Crippen LogP contribution in [0.2, 0.25) is 5.02 Å². The van der Waals surface area contributed by atoms with Crippen LogP contribution in [0.1, 0.15) is 5.56 Å². The maximum absolute atomic E-state index is 12.8. The average Bonchev–Trinajstić information content (AvgIpc) is 2.73. The number of fused-ring (bicyclic) bond motifs is 1.